The molecule has 1 saturated heterocycles. The highest BCUT2D eigenvalue weighted by Gasteiger charge is 2.31. The van der Waals surface area contributed by atoms with Gasteiger partial charge in [-0.2, -0.15) is 0 Å². The number of nitrogens with one attached hydrogen (secondary N) is 1. The van der Waals surface area contributed by atoms with E-state index in [9.17, 15) is 0 Å². The Morgan fingerprint density at radius 3 is 2.79 bits per heavy atom. The van der Waals surface area contributed by atoms with Gasteiger partial charge in [-0.25, -0.2) is 0 Å². The van der Waals surface area contributed by atoms with E-state index in [1.165, 1.54) is 54.4 Å². The van der Waals surface area contributed by atoms with Crippen LogP contribution in [-0.2, 0) is 6.54 Å². The molecule has 2 nitrogen and oxygen atoms in total. The summed E-state index contributed by atoms with van der Waals surface area (Å²) in [5, 5.41) is 3.63. The lowest BCUT2D eigenvalue weighted by atomic mass is 10.1. The molecule has 1 aliphatic carbocycles. The Hall–Kier alpha value is -0.380. The van der Waals surface area contributed by atoms with E-state index in [2.05, 4.69) is 51.3 Å². The highest BCUT2D eigenvalue weighted by Crippen LogP contribution is 2.30. The Bertz CT molecular complexity index is 436. The first kappa shape index (κ1) is 13.6. The zero-order chi connectivity index (χ0) is 13.2. The second kappa shape index (κ2) is 5.94. The van der Waals surface area contributed by atoms with Crippen LogP contribution in [-0.4, -0.2) is 30.1 Å². The lowest BCUT2D eigenvalue weighted by Gasteiger charge is -2.26. The van der Waals surface area contributed by atoms with Crippen molar-refractivity contribution in [2.24, 2.45) is 0 Å². The first-order valence-electron chi connectivity index (χ1n) is 7.45. The molecule has 1 N–H and O–H groups in total. The van der Waals surface area contributed by atoms with Crippen LogP contribution in [0.4, 0.5) is 0 Å². The van der Waals surface area contributed by atoms with E-state index >= 15 is 0 Å². The fourth-order valence-corrected chi connectivity index (χ4v) is 3.60. The zero-order valence-corrected chi connectivity index (χ0v) is 13.2. The van der Waals surface area contributed by atoms with Gasteiger partial charge in [0.05, 0.1) is 0 Å². The predicted molar refractivity (Wildman–Crippen MR) is 83.3 cm³/mol. The minimum Gasteiger partial charge on any atom is -0.313 e. The molecule has 1 saturated carbocycles. The Morgan fingerprint density at radius 2 is 2.16 bits per heavy atom. The summed E-state index contributed by atoms with van der Waals surface area (Å²) in [6.45, 7) is 5.65. The highest BCUT2D eigenvalue weighted by molar-refractivity contribution is 9.10. The second-order valence-electron chi connectivity index (χ2n) is 6.05. The van der Waals surface area contributed by atoms with Crippen LogP contribution < -0.4 is 5.32 Å². The molecule has 0 aromatic heterocycles. The van der Waals surface area contributed by atoms with Gasteiger partial charge >= 0.3 is 0 Å². The standard InChI is InChI=1S/C16H23BrN2/c1-12-4-5-13(16(17)9-12)10-19(15-6-7-15)11-14-3-2-8-18-14/h4-5,9,14-15,18H,2-3,6-8,10-11H2,1H3. The summed E-state index contributed by atoms with van der Waals surface area (Å²) in [6, 6.07) is 8.27. The third-order valence-electron chi connectivity index (χ3n) is 4.26. The largest absolute Gasteiger partial charge is 0.313 e. The average molecular weight is 323 g/mol. The molecule has 1 aromatic carbocycles. The lowest BCUT2D eigenvalue weighted by molar-refractivity contribution is 0.231. The van der Waals surface area contributed by atoms with Gasteiger partial charge in [-0.05, 0) is 56.3 Å². The monoisotopic (exact) mass is 322 g/mol. The Morgan fingerprint density at radius 1 is 1.32 bits per heavy atom. The number of halogens is 1. The van der Waals surface area contributed by atoms with Crippen molar-refractivity contribution in [2.75, 3.05) is 13.1 Å². The van der Waals surface area contributed by atoms with Crippen LogP contribution in [0, 0.1) is 6.92 Å². The van der Waals surface area contributed by atoms with Crippen molar-refractivity contribution >= 4 is 15.9 Å². The highest BCUT2D eigenvalue weighted by atomic mass is 79.9. The van der Waals surface area contributed by atoms with Crippen molar-refractivity contribution in [1.29, 1.82) is 0 Å². The van der Waals surface area contributed by atoms with Gasteiger partial charge in [-0.1, -0.05) is 28.1 Å². The molecule has 104 valence electrons. The Balaban J connectivity index is 1.66. The third kappa shape index (κ3) is 3.59. The van der Waals surface area contributed by atoms with Crippen LogP contribution in [0.5, 0.6) is 0 Å². The van der Waals surface area contributed by atoms with E-state index in [1.54, 1.807) is 0 Å². The second-order valence-corrected chi connectivity index (χ2v) is 6.90. The smallest absolute Gasteiger partial charge is 0.0248 e. The van der Waals surface area contributed by atoms with Crippen molar-refractivity contribution < 1.29 is 0 Å². The number of benzene rings is 1. The van der Waals surface area contributed by atoms with Crippen LogP contribution in [0.3, 0.4) is 0 Å². The van der Waals surface area contributed by atoms with Crippen molar-refractivity contribution in [1.82, 2.24) is 10.2 Å². The van der Waals surface area contributed by atoms with E-state index in [4.69, 9.17) is 0 Å². The molecule has 0 radical (unpaired) electrons. The molecular formula is C16H23BrN2. The number of hydrogen-bond acceptors (Lipinski definition) is 2. The van der Waals surface area contributed by atoms with Gasteiger partial charge < -0.3 is 5.32 Å². The SMILES string of the molecule is Cc1ccc(CN(CC2CCCN2)C2CC2)c(Br)c1. The van der Waals surface area contributed by atoms with E-state index in [1.807, 2.05) is 0 Å². The van der Waals surface area contributed by atoms with E-state index in [-0.39, 0.29) is 0 Å². The van der Waals surface area contributed by atoms with Gasteiger partial charge in [0.25, 0.3) is 0 Å². The van der Waals surface area contributed by atoms with Gasteiger partial charge in [0.15, 0.2) is 0 Å². The number of rotatable bonds is 5. The summed E-state index contributed by atoms with van der Waals surface area (Å²) in [4.78, 5) is 2.68. The predicted octanol–water partition coefficient (Wildman–Crippen LogP) is 3.47. The summed E-state index contributed by atoms with van der Waals surface area (Å²) in [5.41, 5.74) is 2.75. The Kier molecular flexibility index (Phi) is 4.25. The summed E-state index contributed by atoms with van der Waals surface area (Å²) in [7, 11) is 0. The summed E-state index contributed by atoms with van der Waals surface area (Å²) < 4.78 is 1.26. The molecule has 3 rings (SSSR count). The van der Waals surface area contributed by atoms with Gasteiger partial charge in [-0.15, -0.1) is 0 Å². The fraction of sp³-hybridized carbons (Fsp3) is 0.625. The molecular weight excluding hydrogens is 300 g/mol. The minimum absolute atomic E-state index is 0.713. The molecule has 1 aromatic rings. The fourth-order valence-electron chi connectivity index (χ4n) is 2.98. The maximum atomic E-state index is 3.72. The minimum atomic E-state index is 0.713. The zero-order valence-electron chi connectivity index (χ0n) is 11.7. The van der Waals surface area contributed by atoms with Crippen LogP contribution in [0.25, 0.3) is 0 Å². The van der Waals surface area contributed by atoms with E-state index < -0.39 is 0 Å². The number of aryl methyl sites for hydroxylation is 1. The first-order chi connectivity index (χ1) is 9.22. The maximum Gasteiger partial charge on any atom is 0.0248 e. The van der Waals surface area contributed by atoms with Crippen molar-refractivity contribution in [3.8, 4) is 0 Å². The third-order valence-corrected chi connectivity index (χ3v) is 5.00. The van der Waals surface area contributed by atoms with Gasteiger partial charge in [-0.3, -0.25) is 4.90 Å². The molecule has 2 aliphatic rings. The first-order valence-corrected chi connectivity index (χ1v) is 8.24. The summed E-state index contributed by atoms with van der Waals surface area (Å²) in [5.74, 6) is 0. The molecule has 0 amide bonds. The van der Waals surface area contributed by atoms with Crippen molar-refractivity contribution in [2.45, 2.75) is 51.2 Å². The van der Waals surface area contributed by atoms with Gasteiger partial charge in [0.1, 0.15) is 0 Å². The molecule has 1 aliphatic heterocycles. The van der Waals surface area contributed by atoms with Crippen LogP contribution in [0.2, 0.25) is 0 Å². The molecule has 0 spiro atoms. The molecule has 2 fully saturated rings. The normalized spacial score (nSPS) is 23.2. The van der Waals surface area contributed by atoms with Crippen molar-refractivity contribution in [3.05, 3.63) is 33.8 Å². The Labute approximate surface area is 124 Å². The molecule has 0 bridgehead atoms. The topological polar surface area (TPSA) is 15.3 Å². The lowest BCUT2D eigenvalue weighted by Crippen LogP contribution is -2.38. The summed E-state index contributed by atoms with van der Waals surface area (Å²) >= 11 is 3.72. The molecule has 1 atom stereocenters. The van der Waals surface area contributed by atoms with Crippen molar-refractivity contribution in [3.63, 3.8) is 0 Å². The van der Waals surface area contributed by atoms with Crippen LogP contribution in [0.1, 0.15) is 36.8 Å². The van der Waals surface area contributed by atoms with Crippen LogP contribution in [0.15, 0.2) is 22.7 Å². The van der Waals surface area contributed by atoms with E-state index in [0.717, 1.165) is 12.6 Å². The van der Waals surface area contributed by atoms with E-state index in [0.29, 0.717) is 6.04 Å². The number of hydrogen-bond donors (Lipinski definition) is 1. The average Bonchev–Trinajstić information content (AvgIpc) is 3.10. The molecule has 19 heavy (non-hydrogen) atoms. The quantitative estimate of drug-likeness (QED) is 0.892. The molecule has 1 heterocycles. The number of nitrogens with zero attached hydrogens (tertiary/aromatic N) is 1. The van der Waals surface area contributed by atoms with Gasteiger partial charge in [0.2, 0.25) is 0 Å². The van der Waals surface area contributed by atoms with Gasteiger partial charge in [0, 0.05) is 29.6 Å². The summed E-state index contributed by atoms with van der Waals surface area (Å²) in [6.07, 6.45) is 5.46. The molecule has 1 unspecified atom stereocenters. The van der Waals surface area contributed by atoms with Crippen LogP contribution >= 0.6 is 15.9 Å². The molecule has 3 heteroatoms. The maximum absolute atomic E-state index is 3.72.